The number of nitrogens with one attached hydrogen (secondary N) is 2. The zero-order chi connectivity index (χ0) is 22.0. The van der Waals surface area contributed by atoms with Crippen LogP contribution in [0.3, 0.4) is 0 Å². The zero-order valence-corrected chi connectivity index (χ0v) is 18.4. The van der Waals surface area contributed by atoms with Crippen LogP contribution in [-0.4, -0.2) is 31.3 Å². The van der Waals surface area contributed by atoms with Gasteiger partial charge in [-0.25, -0.2) is 4.98 Å². The molecule has 0 saturated heterocycles. The molecule has 0 saturated carbocycles. The van der Waals surface area contributed by atoms with Crippen molar-refractivity contribution < 1.29 is 14.2 Å². The van der Waals surface area contributed by atoms with E-state index >= 15 is 0 Å². The van der Waals surface area contributed by atoms with Crippen molar-refractivity contribution in [2.75, 3.05) is 26.6 Å². The van der Waals surface area contributed by atoms with Gasteiger partial charge in [0.1, 0.15) is 5.82 Å². The van der Waals surface area contributed by atoms with Gasteiger partial charge in [-0.15, -0.1) is 0 Å². The molecule has 2 aromatic heterocycles. The Morgan fingerprint density at radius 3 is 2.26 bits per heavy atom. The van der Waals surface area contributed by atoms with E-state index in [9.17, 15) is 0 Å². The van der Waals surface area contributed by atoms with Gasteiger partial charge in [0.05, 0.1) is 27.4 Å². The lowest BCUT2D eigenvalue weighted by Gasteiger charge is -2.23. The molecule has 0 aliphatic heterocycles. The molecule has 0 aliphatic rings. The number of benzene rings is 2. The van der Waals surface area contributed by atoms with Gasteiger partial charge in [-0.1, -0.05) is 18.2 Å². The smallest absolute Gasteiger partial charge is 0.203 e. The van der Waals surface area contributed by atoms with Gasteiger partial charge < -0.3 is 24.5 Å². The maximum absolute atomic E-state index is 5.62. The number of para-hydroxylation sites is 1. The van der Waals surface area contributed by atoms with E-state index in [1.54, 1.807) is 21.3 Å². The first-order valence-electron chi connectivity index (χ1n) is 10.1. The van der Waals surface area contributed by atoms with Crippen LogP contribution in [0.2, 0.25) is 0 Å². The minimum Gasteiger partial charge on any atom is -0.493 e. The van der Waals surface area contributed by atoms with Crippen molar-refractivity contribution in [2.45, 2.75) is 19.9 Å². The van der Waals surface area contributed by atoms with Crippen LogP contribution in [0.4, 0.5) is 5.82 Å². The maximum Gasteiger partial charge on any atom is 0.203 e. The Morgan fingerprint density at radius 2 is 1.61 bits per heavy atom. The van der Waals surface area contributed by atoms with Gasteiger partial charge in [-0.05, 0) is 55.3 Å². The molecule has 6 nitrogen and oxygen atoms in total. The minimum absolute atomic E-state index is 0.195. The number of fused-ring (bicyclic) bond motifs is 1. The Morgan fingerprint density at radius 1 is 0.903 bits per heavy atom. The first kappa shape index (κ1) is 20.6. The third-order valence-electron chi connectivity index (χ3n) is 5.46. The molecule has 0 bridgehead atoms. The van der Waals surface area contributed by atoms with Gasteiger partial charge in [-0.3, -0.25) is 0 Å². The number of hydrogen-bond acceptors (Lipinski definition) is 5. The van der Waals surface area contributed by atoms with E-state index in [2.05, 4.69) is 47.3 Å². The molecule has 31 heavy (non-hydrogen) atoms. The zero-order valence-electron chi connectivity index (χ0n) is 18.4. The normalized spacial score (nSPS) is 11.9. The summed E-state index contributed by atoms with van der Waals surface area (Å²) in [5, 5.41) is 4.78. The lowest BCUT2D eigenvalue weighted by Crippen LogP contribution is -2.15. The number of H-pyrrole nitrogens is 1. The van der Waals surface area contributed by atoms with Crippen molar-refractivity contribution >= 4 is 16.7 Å². The lowest BCUT2D eigenvalue weighted by atomic mass is 9.95. The summed E-state index contributed by atoms with van der Waals surface area (Å²) in [5.74, 6) is 2.58. The highest BCUT2D eigenvalue weighted by atomic mass is 16.5. The van der Waals surface area contributed by atoms with Gasteiger partial charge in [0, 0.05) is 28.4 Å². The van der Waals surface area contributed by atoms with Crippen molar-refractivity contribution in [3.8, 4) is 17.2 Å². The van der Waals surface area contributed by atoms with Gasteiger partial charge in [0.2, 0.25) is 5.75 Å². The molecule has 0 aliphatic carbocycles. The monoisotopic (exact) mass is 417 g/mol. The molecule has 0 fully saturated rings. The van der Waals surface area contributed by atoms with E-state index in [0.29, 0.717) is 17.2 Å². The molecule has 6 heteroatoms. The number of pyridine rings is 1. The summed E-state index contributed by atoms with van der Waals surface area (Å²) < 4.78 is 16.8. The summed E-state index contributed by atoms with van der Waals surface area (Å²) in [6.07, 6.45) is 1.81. The van der Waals surface area contributed by atoms with Crippen LogP contribution in [0, 0.1) is 13.8 Å². The molecule has 0 amide bonds. The van der Waals surface area contributed by atoms with Crippen LogP contribution < -0.4 is 19.5 Å². The van der Waals surface area contributed by atoms with Crippen molar-refractivity contribution in [3.05, 3.63) is 77.1 Å². The Labute approximate surface area is 182 Å². The molecule has 2 heterocycles. The molecule has 0 radical (unpaired) electrons. The van der Waals surface area contributed by atoms with Crippen LogP contribution in [0.5, 0.6) is 17.2 Å². The molecule has 2 aromatic carbocycles. The van der Waals surface area contributed by atoms with Crippen molar-refractivity contribution in [1.82, 2.24) is 9.97 Å². The summed E-state index contributed by atoms with van der Waals surface area (Å²) >= 11 is 0. The van der Waals surface area contributed by atoms with Crippen molar-refractivity contribution in [3.63, 3.8) is 0 Å². The Kier molecular flexibility index (Phi) is 5.71. The minimum atomic E-state index is -0.195. The molecule has 2 N–H and O–H groups in total. The first-order valence-corrected chi connectivity index (χ1v) is 10.1. The fourth-order valence-corrected chi connectivity index (χ4v) is 4.02. The Hall–Kier alpha value is -3.67. The number of aromatic amines is 1. The molecule has 4 rings (SSSR count). The second-order valence-corrected chi connectivity index (χ2v) is 7.46. The average molecular weight is 418 g/mol. The molecule has 0 spiro atoms. The number of aryl methyl sites for hydroxylation is 2. The van der Waals surface area contributed by atoms with Gasteiger partial charge in [0.15, 0.2) is 11.5 Å². The highest BCUT2D eigenvalue weighted by Gasteiger charge is 2.25. The van der Waals surface area contributed by atoms with Gasteiger partial charge in [0.25, 0.3) is 0 Å². The van der Waals surface area contributed by atoms with E-state index in [0.717, 1.165) is 39.1 Å². The summed E-state index contributed by atoms with van der Waals surface area (Å²) in [7, 11) is 4.86. The van der Waals surface area contributed by atoms with E-state index in [1.165, 1.54) is 0 Å². The number of hydrogen-bond donors (Lipinski definition) is 2. The first-order chi connectivity index (χ1) is 15.0. The SMILES string of the molecule is COc1cc([C@@H](Nc2cc(C)ccn2)c2c(C)[nH]c3ccccc23)cc(OC)c1OC. The fourth-order valence-electron chi connectivity index (χ4n) is 4.02. The highest BCUT2D eigenvalue weighted by molar-refractivity contribution is 5.86. The number of anilines is 1. The number of nitrogens with zero attached hydrogens (tertiary/aromatic N) is 1. The molecule has 160 valence electrons. The lowest BCUT2D eigenvalue weighted by molar-refractivity contribution is 0.323. The quantitative estimate of drug-likeness (QED) is 0.421. The largest absolute Gasteiger partial charge is 0.493 e. The van der Waals surface area contributed by atoms with Crippen LogP contribution in [0.1, 0.15) is 28.4 Å². The van der Waals surface area contributed by atoms with Gasteiger partial charge >= 0.3 is 0 Å². The maximum atomic E-state index is 5.62. The average Bonchev–Trinajstić information content (AvgIpc) is 3.12. The molecular weight excluding hydrogens is 390 g/mol. The molecule has 1 atom stereocenters. The van der Waals surface area contributed by atoms with E-state index in [4.69, 9.17) is 14.2 Å². The topological polar surface area (TPSA) is 68.4 Å². The highest BCUT2D eigenvalue weighted by Crippen LogP contribution is 2.43. The van der Waals surface area contributed by atoms with E-state index in [-0.39, 0.29) is 6.04 Å². The van der Waals surface area contributed by atoms with E-state index in [1.807, 2.05) is 36.5 Å². The second kappa shape index (κ2) is 8.60. The Bertz CT molecular complexity index is 1190. The number of aromatic nitrogens is 2. The Balaban J connectivity index is 1.94. The summed E-state index contributed by atoms with van der Waals surface area (Å²) in [6, 6.07) is 16.1. The second-order valence-electron chi connectivity index (χ2n) is 7.46. The standard InChI is InChI=1S/C25H27N3O3/c1-15-10-11-26-22(12-15)28-24(23-16(2)27-19-9-7-6-8-18(19)23)17-13-20(29-3)25(31-5)21(14-17)30-4/h6-14,24,27H,1-5H3,(H,26,28)/t24-/m1/s1. The van der Waals surface area contributed by atoms with Crippen LogP contribution >= 0.6 is 0 Å². The van der Waals surface area contributed by atoms with Crippen LogP contribution in [0.25, 0.3) is 10.9 Å². The number of rotatable bonds is 7. The third-order valence-corrected chi connectivity index (χ3v) is 5.46. The predicted octanol–water partition coefficient (Wildman–Crippen LogP) is 5.41. The summed E-state index contributed by atoms with van der Waals surface area (Å²) in [4.78, 5) is 8.04. The number of ether oxygens (including phenoxy) is 3. The van der Waals surface area contributed by atoms with Crippen LogP contribution in [-0.2, 0) is 0 Å². The predicted molar refractivity (Wildman–Crippen MR) is 124 cm³/mol. The fraction of sp³-hybridized carbons (Fsp3) is 0.240. The van der Waals surface area contributed by atoms with Crippen molar-refractivity contribution in [1.29, 1.82) is 0 Å². The van der Waals surface area contributed by atoms with Gasteiger partial charge in [-0.2, -0.15) is 0 Å². The van der Waals surface area contributed by atoms with Crippen LogP contribution in [0.15, 0.2) is 54.7 Å². The van der Waals surface area contributed by atoms with E-state index < -0.39 is 0 Å². The molecule has 4 aromatic rings. The molecular formula is C25H27N3O3. The summed E-state index contributed by atoms with van der Waals surface area (Å²) in [5.41, 5.74) is 5.43. The number of methoxy groups -OCH3 is 3. The van der Waals surface area contributed by atoms with Crippen molar-refractivity contribution in [2.24, 2.45) is 0 Å². The summed E-state index contributed by atoms with van der Waals surface area (Å²) in [6.45, 7) is 4.14. The third kappa shape index (κ3) is 3.89. The molecule has 0 unspecified atom stereocenters.